The Morgan fingerprint density at radius 1 is 1.33 bits per heavy atom. The largest absolute Gasteiger partial charge is 0.493 e. The lowest BCUT2D eigenvalue weighted by atomic mass is 10.1. The highest BCUT2D eigenvalue weighted by Crippen LogP contribution is 2.38. The number of amides is 1. The first-order chi connectivity index (χ1) is 14.3. The van der Waals surface area contributed by atoms with Crippen molar-refractivity contribution in [2.24, 2.45) is 0 Å². The maximum absolute atomic E-state index is 13.5. The van der Waals surface area contributed by atoms with Crippen molar-refractivity contribution in [1.29, 1.82) is 0 Å². The number of alkyl halides is 3. The third-order valence-electron chi connectivity index (χ3n) is 4.60. The van der Waals surface area contributed by atoms with Gasteiger partial charge in [0.15, 0.2) is 5.13 Å². The van der Waals surface area contributed by atoms with Gasteiger partial charge in [-0.1, -0.05) is 19.8 Å². The molecule has 0 spiro atoms. The summed E-state index contributed by atoms with van der Waals surface area (Å²) in [6, 6.07) is 3.95. The molecule has 0 aliphatic carbocycles. The number of nitrogens with one attached hydrogen (secondary N) is 2. The van der Waals surface area contributed by atoms with Crippen LogP contribution in [0.4, 0.5) is 24.0 Å². The van der Waals surface area contributed by atoms with Crippen LogP contribution in [-0.4, -0.2) is 42.0 Å². The zero-order valence-corrected chi connectivity index (χ0v) is 17.5. The Morgan fingerprint density at radius 3 is 2.90 bits per heavy atom. The highest BCUT2D eigenvalue weighted by molar-refractivity contribution is 7.13. The normalized spacial score (nSPS) is 15.1. The summed E-state index contributed by atoms with van der Waals surface area (Å²) >= 11 is 1.31. The number of nitrogens with zero attached hydrogens (tertiary/aromatic N) is 2. The number of carbonyl (C=O) groups is 1. The molecular formula is C20H25F3N4O2S. The first-order valence-corrected chi connectivity index (χ1v) is 10.8. The second-order valence-corrected chi connectivity index (χ2v) is 7.95. The van der Waals surface area contributed by atoms with E-state index in [1.807, 2.05) is 17.2 Å². The molecule has 1 fully saturated rings. The van der Waals surface area contributed by atoms with Gasteiger partial charge in [0.1, 0.15) is 5.75 Å². The van der Waals surface area contributed by atoms with E-state index < -0.39 is 11.7 Å². The number of anilines is 2. The van der Waals surface area contributed by atoms with Crippen LogP contribution in [0.5, 0.6) is 5.75 Å². The van der Waals surface area contributed by atoms with Crippen LogP contribution in [0.25, 0.3) is 0 Å². The molecule has 1 aromatic heterocycles. The van der Waals surface area contributed by atoms with Gasteiger partial charge in [-0.15, -0.1) is 11.3 Å². The van der Waals surface area contributed by atoms with Gasteiger partial charge in [-0.05, 0) is 24.6 Å². The Kier molecular flexibility index (Phi) is 7.54. The van der Waals surface area contributed by atoms with Gasteiger partial charge in [-0.3, -0.25) is 9.69 Å². The van der Waals surface area contributed by atoms with E-state index in [-0.39, 0.29) is 18.3 Å². The summed E-state index contributed by atoms with van der Waals surface area (Å²) in [5.74, 6) is -0.182. The minimum Gasteiger partial charge on any atom is -0.493 e. The SMILES string of the molecule is CCCCCOc1ccc(Nc2nc(CN3CCNC(=O)C3)cs2)cc1C(F)(F)F. The van der Waals surface area contributed by atoms with Crippen LogP contribution >= 0.6 is 11.3 Å². The molecular weight excluding hydrogens is 417 g/mol. The number of aromatic nitrogens is 1. The van der Waals surface area contributed by atoms with Crippen LogP contribution in [-0.2, 0) is 17.5 Å². The number of carbonyl (C=O) groups excluding carboxylic acids is 1. The second-order valence-electron chi connectivity index (χ2n) is 7.09. The third kappa shape index (κ3) is 6.33. The number of benzene rings is 1. The van der Waals surface area contributed by atoms with Crippen LogP contribution in [0.1, 0.15) is 37.4 Å². The molecule has 1 saturated heterocycles. The Bertz CT molecular complexity index is 857. The van der Waals surface area contributed by atoms with Gasteiger partial charge in [0.05, 0.1) is 24.4 Å². The molecule has 2 N–H and O–H groups in total. The Hall–Kier alpha value is -2.33. The van der Waals surface area contributed by atoms with Crippen molar-refractivity contribution in [2.75, 3.05) is 31.6 Å². The Balaban J connectivity index is 1.66. The van der Waals surface area contributed by atoms with Gasteiger partial charge < -0.3 is 15.4 Å². The molecule has 6 nitrogen and oxygen atoms in total. The Labute approximate surface area is 177 Å². The van der Waals surface area contributed by atoms with E-state index in [1.54, 1.807) is 6.07 Å². The number of halogens is 3. The molecule has 0 saturated carbocycles. The fourth-order valence-corrected chi connectivity index (χ4v) is 3.83. The zero-order chi connectivity index (χ0) is 21.6. The van der Waals surface area contributed by atoms with E-state index in [0.717, 1.165) is 31.1 Å². The van der Waals surface area contributed by atoms with Crippen molar-refractivity contribution in [3.63, 3.8) is 0 Å². The van der Waals surface area contributed by atoms with Gasteiger partial charge in [0.25, 0.3) is 0 Å². The number of thiazole rings is 1. The van der Waals surface area contributed by atoms with Gasteiger partial charge in [0, 0.05) is 30.7 Å². The van der Waals surface area contributed by atoms with Crippen molar-refractivity contribution >= 4 is 28.1 Å². The zero-order valence-electron chi connectivity index (χ0n) is 16.7. The lowest BCUT2D eigenvalue weighted by Crippen LogP contribution is -2.47. The minimum absolute atomic E-state index is 0.0217. The fourth-order valence-electron chi connectivity index (χ4n) is 3.11. The monoisotopic (exact) mass is 442 g/mol. The van der Waals surface area contributed by atoms with Crippen molar-refractivity contribution < 1.29 is 22.7 Å². The number of ether oxygens (including phenoxy) is 1. The van der Waals surface area contributed by atoms with Gasteiger partial charge in [0.2, 0.25) is 5.91 Å². The summed E-state index contributed by atoms with van der Waals surface area (Å²) in [7, 11) is 0. The van der Waals surface area contributed by atoms with Crippen molar-refractivity contribution in [3.8, 4) is 5.75 Å². The third-order valence-corrected chi connectivity index (χ3v) is 5.40. The summed E-state index contributed by atoms with van der Waals surface area (Å²) in [5.41, 5.74) is 0.255. The Morgan fingerprint density at radius 2 is 2.17 bits per heavy atom. The summed E-state index contributed by atoms with van der Waals surface area (Å²) in [4.78, 5) is 17.9. The highest BCUT2D eigenvalue weighted by Gasteiger charge is 2.34. The summed E-state index contributed by atoms with van der Waals surface area (Å²) < 4.78 is 45.8. The van der Waals surface area contributed by atoms with Crippen LogP contribution in [0.2, 0.25) is 0 Å². The van der Waals surface area contributed by atoms with E-state index in [9.17, 15) is 18.0 Å². The summed E-state index contributed by atoms with van der Waals surface area (Å²) in [6.45, 7) is 4.45. The van der Waals surface area contributed by atoms with E-state index in [0.29, 0.717) is 36.9 Å². The average Bonchev–Trinajstić information content (AvgIpc) is 3.12. The lowest BCUT2D eigenvalue weighted by Gasteiger charge is -2.25. The maximum Gasteiger partial charge on any atom is 0.420 e. The second kappa shape index (κ2) is 10.1. The number of piperazine rings is 1. The quantitative estimate of drug-likeness (QED) is 0.564. The molecule has 30 heavy (non-hydrogen) atoms. The molecule has 0 unspecified atom stereocenters. The van der Waals surface area contributed by atoms with E-state index in [4.69, 9.17) is 4.74 Å². The highest BCUT2D eigenvalue weighted by atomic mass is 32.1. The van der Waals surface area contributed by atoms with Gasteiger partial charge >= 0.3 is 6.18 Å². The first-order valence-electron chi connectivity index (χ1n) is 9.89. The van der Waals surface area contributed by atoms with Crippen LogP contribution in [0.3, 0.4) is 0 Å². The molecule has 0 bridgehead atoms. The molecule has 164 valence electrons. The number of rotatable bonds is 9. The molecule has 0 atom stereocenters. The van der Waals surface area contributed by atoms with Crippen molar-refractivity contribution in [1.82, 2.24) is 15.2 Å². The van der Waals surface area contributed by atoms with E-state index in [1.165, 1.54) is 17.4 Å². The molecule has 1 aromatic carbocycles. The molecule has 3 rings (SSSR count). The topological polar surface area (TPSA) is 66.5 Å². The standard InChI is InChI=1S/C20H25F3N4O2S/c1-2-3-4-9-29-17-6-5-14(10-16(17)20(21,22)23)25-19-26-15(13-30-19)11-27-8-7-24-18(28)12-27/h5-6,10,13H,2-4,7-9,11-12H2,1H3,(H,24,28)(H,25,26). The van der Waals surface area contributed by atoms with Gasteiger partial charge in [-0.2, -0.15) is 13.2 Å². The first kappa shape index (κ1) is 22.4. The van der Waals surface area contributed by atoms with Crippen LogP contribution < -0.4 is 15.4 Å². The average molecular weight is 443 g/mol. The van der Waals surface area contributed by atoms with Crippen molar-refractivity contribution in [2.45, 2.75) is 38.9 Å². The molecule has 2 heterocycles. The van der Waals surface area contributed by atoms with E-state index in [2.05, 4.69) is 15.6 Å². The molecule has 1 aliphatic rings. The molecule has 10 heteroatoms. The minimum atomic E-state index is -4.51. The van der Waals surface area contributed by atoms with Crippen molar-refractivity contribution in [3.05, 3.63) is 34.8 Å². The van der Waals surface area contributed by atoms with Gasteiger partial charge in [-0.25, -0.2) is 4.98 Å². The lowest BCUT2D eigenvalue weighted by molar-refractivity contribution is -0.139. The maximum atomic E-state index is 13.5. The predicted octanol–water partition coefficient (Wildman–Crippen LogP) is 4.41. The molecule has 1 aliphatic heterocycles. The van der Waals surface area contributed by atoms with Crippen LogP contribution in [0, 0.1) is 0 Å². The number of hydrogen-bond donors (Lipinski definition) is 2. The number of unbranched alkanes of at least 4 members (excludes halogenated alkanes) is 2. The smallest absolute Gasteiger partial charge is 0.420 e. The molecule has 2 aromatic rings. The fraction of sp³-hybridized carbons (Fsp3) is 0.500. The summed E-state index contributed by atoms with van der Waals surface area (Å²) in [5, 5.41) is 8.04. The van der Waals surface area contributed by atoms with Crippen LogP contribution in [0.15, 0.2) is 23.6 Å². The molecule has 0 radical (unpaired) electrons. The summed E-state index contributed by atoms with van der Waals surface area (Å²) in [6.07, 6.45) is -1.91. The van der Waals surface area contributed by atoms with E-state index >= 15 is 0 Å². The number of hydrogen-bond acceptors (Lipinski definition) is 6. The molecule has 1 amide bonds. The predicted molar refractivity (Wildman–Crippen MR) is 110 cm³/mol.